The van der Waals surface area contributed by atoms with Gasteiger partial charge in [0.1, 0.15) is 17.2 Å². The van der Waals surface area contributed by atoms with E-state index in [4.69, 9.17) is 14.0 Å². The molecule has 1 aromatic heterocycles. The van der Waals surface area contributed by atoms with E-state index in [0.29, 0.717) is 35.7 Å². The summed E-state index contributed by atoms with van der Waals surface area (Å²) < 4.78 is 44.2. The number of benzene rings is 1. The summed E-state index contributed by atoms with van der Waals surface area (Å²) in [6, 6.07) is 6.19. The van der Waals surface area contributed by atoms with Crippen LogP contribution < -0.4 is 4.74 Å². The minimum absolute atomic E-state index is 0.184. The summed E-state index contributed by atoms with van der Waals surface area (Å²) in [5, 5.41) is 4.02. The summed E-state index contributed by atoms with van der Waals surface area (Å²) in [4.78, 5) is 12.3. The molecule has 3 heterocycles. The molecule has 1 fully saturated rings. The third kappa shape index (κ3) is 3.42. The molecule has 29 heavy (non-hydrogen) atoms. The summed E-state index contributed by atoms with van der Waals surface area (Å²) in [6.45, 7) is 6.04. The molecule has 3 atom stereocenters. The number of rotatable bonds is 5. The fraction of sp³-hybridized carbons (Fsp3) is 0.500. The maximum atomic E-state index is 13.4. The first kappa shape index (κ1) is 19.9. The van der Waals surface area contributed by atoms with Gasteiger partial charge in [0.2, 0.25) is 16.1 Å². The Labute approximate surface area is 169 Å². The van der Waals surface area contributed by atoms with Gasteiger partial charge in [0.05, 0.1) is 17.5 Å². The molecular weight excluding hydrogens is 396 g/mol. The molecule has 0 aliphatic carbocycles. The predicted molar refractivity (Wildman–Crippen MR) is 103 cm³/mol. The fourth-order valence-electron chi connectivity index (χ4n) is 4.03. The van der Waals surface area contributed by atoms with Crippen molar-refractivity contribution < 1.29 is 27.2 Å². The molecule has 2 aliphatic rings. The Morgan fingerprint density at radius 1 is 1.34 bits per heavy atom. The van der Waals surface area contributed by atoms with Crippen LogP contribution in [0.2, 0.25) is 0 Å². The third-order valence-corrected chi connectivity index (χ3v) is 7.40. The zero-order valence-electron chi connectivity index (χ0n) is 16.6. The normalized spacial score (nSPS) is 24.3. The molecule has 0 saturated carbocycles. The molecule has 0 bridgehead atoms. The molecule has 0 spiro atoms. The quantitative estimate of drug-likeness (QED) is 0.686. The van der Waals surface area contributed by atoms with Crippen molar-refractivity contribution in [2.75, 3.05) is 13.2 Å². The smallest absolute Gasteiger partial charge is 0.347 e. The Balaban J connectivity index is 1.63. The largest absolute Gasteiger partial charge is 0.478 e. The van der Waals surface area contributed by atoms with Crippen LogP contribution in [-0.4, -0.2) is 43.1 Å². The van der Waals surface area contributed by atoms with Crippen LogP contribution >= 0.6 is 0 Å². The van der Waals surface area contributed by atoms with Crippen LogP contribution in [-0.2, 0) is 19.6 Å². The molecule has 4 rings (SSSR count). The maximum absolute atomic E-state index is 13.4. The van der Waals surface area contributed by atoms with Gasteiger partial charge in [0.15, 0.2) is 0 Å². The van der Waals surface area contributed by atoms with Crippen molar-refractivity contribution in [1.82, 2.24) is 9.46 Å². The van der Waals surface area contributed by atoms with Crippen LogP contribution in [0.15, 0.2) is 33.7 Å². The number of nitrogens with zero attached hydrogens (tertiary/aromatic N) is 2. The van der Waals surface area contributed by atoms with Crippen LogP contribution in [0.3, 0.4) is 0 Å². The summed E-state index contributed by atoms with van der Waals surface area (Å²) in [5.74, 6) is 0.422. The Morgan fingerprint density at radius 2 is 2.14 bits per heavy atom. The van der Waals surface area contributed by atoms with Crippen molar-refractivity contribution in [3.63, 3.8) is 0 Å². The Morgan fingerprint density at radius 3 is 2.83 bits per heavy atom. The first-order chi connectivity index (χ1) is 13.8. The topological polar surface area (TPSA) is 98.9 Å². The van der Waals surface area contributed by atoms with Gasteiger partial charge in [0, 0.05) is 24.1 Å². The van der Waals surface area contributed by atoms with Gasteiger partial charge in [-0.3, -0.25) is 0 Å². The summed E-state index contributed by atoms with van der Waals surface area (Å²) in [6.07, 6.45) is 0.687. The van der Waals surface area contributed by atoms with Crippen LogP contribution in [0.4, 0.5) is 0 Å². The van der Waals surface area contributed by atoms with E-state index in [1.54, 1.807) is 32.0 Å². The molecule has 0 N–H and O–H groups in total. The fourth-order valence-corrected chi connectivity index (χ4v) is 5.73. The summed E-state index contributed by atoms with van der Waals surface area (Å²) in [5.41, 5.74) is 1.32. The molecule has 1 aromatic carbocycles. The third-order valence-electron chi connectivity index (χ3n) is 5.50. The number of aromatic nitrogens is 1. The second-order valence-electron chi connectivity index (χ2n) is 7.42. The zero-order chi connectivity index (χ0) is 20.8. The molecular formula is C20H24N2O6S. The van der Waals surface area contributed by atoms with Gasteiger partial charge in [-0.15, -0.1) is 0 Å². The number of hydrogen-bond acceptors (Lipinski definition) is 7. The van der Waals surface area contributed by atoms with Crippen LogP contribution in [0, 0.1) is 6.92 Å². The number of carbonyl (C=O) groups is 1. The summed E-state index contributed by atoms with van der Waals surface area (Å²) in [7, 11) is -3.74. The predicted octanol–water partition coefficient (Wildman–Crippen LogP) is 2.94. The van der Waals surface area contributed by atoms with Crippen LogP contribution in [0.1, 0.15) is 55.7 Å². The van der Waals surface area contributed by atoms with Gasteiger partial charge in [0.25, 0.3) is 0 Å². The molecule has 8 nitrogen and oxygen atoms in total. The highest BCUT2D eigenvalue weighted by Crippen LogP contribution is 2.42. The van der Waals surface area contributed by atoms with E-state index >= 15 is 0 Å². The molecule has 1 saturated heterocycles. The van der Waals surface area contributed by atoms with Crippen LogP contribution in [0.5, 0.6) is 5.75 Å². The van der Waals surface area contributed by atoms with E-state index in [9.17, 15) is 13.2 Å². The Kier molecular flexibility index (Phi) is 5.12. The highest BCUT2D eigenvalue weighted by atomic mass is 32.2. The van der Waals surface area contributed by atoms with Gasteiger partial charge < -0.3 is 14.0 Å². The summed E-state index contributed by atoms with van der Waals surface area (Å²) >= 11 is 0. The number of sulfonamides is 1. The first-order valence-electron chi connectivity index (χ1n) is 9.75. The minimum Gasteiger partial charge on any atom is -0.478 e. The van der Waals surface area contributed by atoms with Crippen molar-refractivity contribution in [3.05, 3.63) is 41.3 Å². The Hall–Kier alpha value is -2.39. The molecule has 3 unspecified atom stereocenters. The van der Waals surface area contributed by atoms with Crippen molar-refractivity contribution in [1.29, 1.82) is 0 Å². The van der Waals surface area contributed by atoms with Gasteiger partial charge in [-0.05, 0) is 44.9 Å². The van der Waals surface area contributed by atoms with Crippen molar-refractivity contribution in [2.45, 2.75) is 56.6 Å². The van der Waals surface area contributed by atoms with Crippen LogP contribution in [0.25, 0.3) is 0 Å². The average Bonchev–Trinajstić information content (AvgIpc) is 3.40. The molecule has 9 heteroatoms. The number of hydrogen-bond donors (Lipinski definition) is 0. The lowest BCUT2D eigenvalue weighted by atomic mass is 9.98. The zero-order valence-corrected chi connectivity index (χ0v) is 17.4. The number of aryl methyl sites for hydroxylation is 1. The van der Waals surface area contributed by atoms with E-state index in [1.165, 1.54) is 10.4 Å². The highest BCUT2D eigenvalue weighted by molar-refractivity contribution is 7.89. The number of esters is 1. The second-order valence-corrected chi connectivity index (χ2v) is 9.31. The van der Waals surface area contributed by atoms with E-state index in [2.05, 4.69) is 5.16 Å². The number of carbonyl (C=O) groups excluding carboxylic acids is 1. The Bertz CT molecular complexity index is 1030. The molecule has 0 radical (unpaired) electrons. The van der Waals surface area contributed by atoms with E-state index in [1.807, 2.05) is 6.92 Å². The first-order valence-corrected chi connectivity index (χ1v) is 11.2. The average molecular weight is 420 g/mol. The lowest BCUT2D eigenvalue weighted by molar-refractivity contribution is -0.151. The molecule has 156 valence electrons. The van der Waals surface area contributed by atoms with E-state index in [-0.39, 0.29) is 23.5 Å². The van der Waals surface area contributed by atoms with E-state index < -0.39 is 22.1 Å². The maximum Gasteiger partial charge on any atom is 0.347 e. The van der Waals surface area contributed by atoms with E-state index in [0.717, 1.165) is 6.42 Å². The lowest BCUT2D eigenvalue weighted by Crippen LogP contribution is -2.31. The molecule has 2 aromatic rings. The van der Waals surface area contributed by atoms with Gasteiger partial charge in [-0.2, -0.15) is 4.31 Å². The van der Waals surface area contributed by atoms with Crippen molar-refractivity contribution >= 4 is 16.0 Å². The van der Waals surface area contributed by atoms with Crippen molar-refractivity contribution in [2.24, 2.45) is 0 Å². The SMILES string of the molecule is CCOC(=O)C1Oc2ccc(S(=O)(=O)N3CCCC3c3cc(C)on3)cc2C1C. The van der Waals surface area contributed by atoms with Gasteiger partial charge in [-0.25, -0.2) is 13.2 Å². The van der Waals surface area contributed by atoms with Gasteiger partial charge >= 0.3 is 5.97 Å². The van der Waals surface area contributed by atoms with Crippen molar-refractivity contribution in [3.8, 4) is 5.75 Å². The van der Waals surface area contributed by atoms with Gasteiger partial charge in [-0.1, -0.05) is 12.1 Å². The highest BCUT2D eigenvalue weighted by Gasteiger charge is 2.41. The number of ether oxygens (including phenoxy) is 2. The second kappa shape index (κ2) is 7.46. The molecule has 0 amide bonds. The monoisotopic (exact) mass is 420 g/mol. The minimum atomic E-state index is -3.74. The number of fused-ring (bicyclic) bond motifs is 1. The standard InChI is InChI=1S/C20H24N2O6S/c1-4-26-20(23)19-13(3)15-11-14(7-8-18(15)27-19)29(24,25)22-9-5-6-17(22)16-10-12(2)28-21-16/h7-8,10-11,13,17,19H,4-6,9H2,1-3H3. The molecule has 2 aliphatic heterocycles. The lowest BCUT2D eigenvalue weighted by Gasteiger charge is -2.22.